The van der Waals surface area contributed by atoms with Gasteiger partial charge in [-0.3, -0.25) is 9.59 Å². The molecular weight excluding hydrogens is 386 g/mol. The fourth-order valence-corrected chi connectivity index (χ4v) is 4.46. The van der Waals surface area contributed by atoms with E-state index in [2.05, 4.69) is 10.3 Å². The minimum Gasteiger partial charge on any atom is -0.497 e. The molecule has 1 aliphatic rings. The van der Waals surface area contributed by atoms with E-state index < -0.39 is 12.0 Å². The van der Waals surface area contributed by atoms with E-state index in [0.29, 0.717) is 10.7 Å². The summed E-state index contributed by atoms with van der Waals surface area (Å²) in [5.74, 6) is -0.132. The summed E-state index contributed by atoms with van der Waals surface area (Å²) in [7, 11) is 3.34. The third-order valence-electron chi connectivity index (χ3n) is 5.17. The van der Waals surface area contributed by atoms with Crippen molar-refractivity contribution in [2.24, 2.45) is 0 Å². The second-order valence-corrected chi connectivity index (χ2v) is 7.84. The SMILES string of the molecule is COc1ccc([C@H]2[C@H](C(=O)Nc3nc(C)cs3)c3ccccc3C(=O)N2C)cc1. The fourth-order valence-electron chi connectivity index (χ4n) is 3.77. The number of aryl methyl sites for hydroxylation is 1. The predicted molar refractivity (Wildman–Crippen MR) is 112 cm³/mol. The van der Waals surface area contributed by atoms with E-state index in [4.69, 9.17) is 4.74 Å². The van der Waals surface area contributed by atoms with E-state index in [1.807, 2.05) is 54.8 Å². The third-order valence-corrected chi connectivity index (χ3v) is 6.04. The van der Waals surface area contributed by atoms with Crippen molar-refractivity contribution in [2.75, 3.05) is 19.5 Å². The number of methoxy groups -OCH3 is 1. The Kier molecular flexibility index (Phi) is 5.07. The summed E-state index contributed by atoms with van der Waals surface area (Å²) in [6, 6.07) is 14.3. The van der Waals surface area contributed by atoms with Crippen LogP contribution < -0.4 is 10.1 Å². The van der Waals surface area contributed by atoms with Crippen molar-refractivity contribution in [2.45, 2.75) is 18.9 Å². The molecule has 2 heterocycles. The molecule has 6 nitrogen and oxygen atoms in total. The summed E-state index contributed by atoms with van der Waals surface area (Å²) in [6.07, 6.45) is 0. The number of thiazole rings is 1. The molecule has 0 bridgehead atoms. The maximum Gasteiger partial charge on any atom is 0.254 e. The van der Waals surface area contributed by atoms with Crippen molar-refractivity contribution in [3.05, 3.63) is 76.3 Å². The smallest absolute Gasteiger partial charge is 0.254 e. The van der Waals surface area contributed by atoms with Crippen molar-refractivity contribution in [1.29, 1.82) is 0 Å². The lowest BCUT2D eigenvalue weighted by Crippen LogP contribution is -2.44. The third kappa shape index (κ3) is 3.49. The number of anilines is 1. The fraction of sp³-hybridized carbons (Fsp3) is 0.227. The van der Waals surface area contributed by atoms with Crippen LogP contribution in [0.4, 0.5) is 5.13 Å². The van der Waals surface area contributed by atoms with Gasteiger partial charge in [0.1, 0.15) is 5.75 Å². The molecule has 0 aliphatic carbocycles. The zero-order valence-electron chi connectivity index (χ0n) is 16.4. The maximum absolute atomic E-state index is 13.4. The summed E-state index contributed by atoms with van der Waals surface area (Å²) >= 11 is 1.39. The molecule has 0 saturated heterocycles. The molecule has 0 fully saturated rings. The first-order valence-electron chi connectivity index (χ1n) is 9.22. The average molecular weight is 407 g/mol. The highest BCUT2D eigenvalue weighted by atomic mass is 32.1. The number of amides is 2. The van der Waals surface area contributed by atoms with Gasteiger partial charge in [0.2, 0.25) is 5.91 Å². The Balaban J connectivity index is 1.79. The van der Waals surface area contributed by atoms with E-state index in [-0.39, 0.29) is 11.8 Å². The molecule has 148 valence electrons. The van der Waals surface area contributed by atoms with E-state index in [0.717, 1.165) is 22.6 Å². The molecule has 1 N–H and O–H groups in total. The molecule has 2 aromatic carbocycles. The lowest BCUT2D eigenvalue weighted by molar-refractivity contribution is -0.119. The highest BCUT2D eigenvalue weighted by Crippen LogP contribution is 2.42. The normalized spacial score (nSPS) is 18.3. The summed E-state index contributed by atoms with van der Waals surface area (Å²) in [4.78, 5) is 32.4. The van der Waals surface area contributed by atoms with Crippen molar-refractivity contribution < 1.29 is 14.3 Å². The van der Waals surface area contributed by atoms with Gasteiger partial charge in [0.25, 0.3) is 5.91 Å². The molecule has 7 heteroatoms. The molecule has 4 rings (SSSR count). The number of hydrogen-bond acceptors (Lipinski definition) is 5. The van der Waals surface area contributed by atoms with Crippen LogP contribution in [-0.2, 0) is 4.79 Å². The zero-order chi connectivity index (χ0) is 20.5. The summed E-state index contributed by atoms with van der Waals surface area (Å²) < 4.78 is 5.25. The number of fused-ring (bicyclic) bond motifs is 1. The number of rotatable bonds is 4. The first-order valence-corrected chi connectivity index (χ1v) is 10.1. The number of aromatic nitrogens is 1. The monoisotopic (exact) mass is 407 g/mol. The Morgan fingerprint density at radius 3 is 2.55 bits per heavy atom. The molecule has 0 spiro atoms. The van der Waals surface area contributed by atoms with Gasteiger partial charge >= 0.3 is 0 Å². The van der Waals surface area contributed by atoms with Crippen LogP contribution >= 0.6 is 11.3 Å². The number of benzene rings is 2. The summed E-state index contributed by atoms with van der Waals surface area (Å²) in [5, 5.41) is 5.38. The van der Waals surface area contributed by atoms with Crippen molar-refractivity contribution in [1.82, 2.24) is 9.88 Å². The highest BCUT2D eigenvalue weighted by molar-refractivity contribution is 7.13. The molecule has 2 atom stereocenters. The summed E-state index contributed by atoms with van der Waals surface area (Å²) in [5.41, 5.74) is 3.00. The van der Waals surface area contributed by atoms with Gasteiger partial charge in [-0.05, 0) is 36.2 Å². The van der Waals surface area contributed by atoms with E-state index in [1.165, 1.54) is 11.3 Å². The van der Waals surface area contributed by atoms with Gasteiger partial charge in [-0.25, -0.2) is 4.98 Å². The molecule has 1 aromatic heterocycles. The van der Waals surface area contributed by atoms with Crippen LogP contribution in [0.2, 0.25) is 0 Å². The van der Waals surface area contributed by atoms with Crippen LogP contribution in [0.5, 0.6) is 5.75 Å². The Hall–Kier alpha value is -3.19. The number of hydrogen-bond donors (Lipinski definition) is 1. The molecule has 3 aromatic rings. The first kappa shape index (κ1) is 19.1. The van der Waals surface area contributed by atoms with Crippen LogP contribution in [0.25, 0.3) is 0 Å². The number of likely N-dealkylation sites (N-methyl/N-ethyl adjacent to an activating group) is 1. The standard InChI is InChI=1S/C22H21N3O3S/c1-13-12-29-22(23-13)24-20(26)18-16-6-4-5-7-17(16)21(27)25(2)19(18)14-8-10-15(28-3)11-9-14/h4-12,18-19H,1-3H3,(H,23,24,26)/t18-,19+/m1/s1. The van der Waals surface area contributed by atoms with E-state index in [9.17, 15) is 9.59 Å². The Bertz CT molecular complexity index is 1060. The highest BCUT2D eigenvalue weighted by Gasteiger charge is 2.42. The minimum atomic E-state index is -0.563. The number of carbonyl (C=O) groups excluding carboxylic acids is 2. The van der Waals surface area contributed by atoms with Crippen LogP contribution in [0.15, 0.2) is 53.9 Å². The van der Waals surface area contributed by atoms with Gasteiger partial charge in [0.15, 0.2) is 5.13 Å². The van der Waals surface area contributed by atoms with Crippen molar-refractivity contribution in [3.8, 4) is 5.75 Å². The number of ether oxygens (including phenoxy) is 1. The van der Waals surface area contributed by atoms with Gasteiger partial charge in [0, 0.05) is 18.0 Å². The second-order valence-electron chi connectivity index (χ2n) is 6.98. The van der Waals surface area contributed by atoms with Crippen molar-refractivity contribution in [3.63, 3.8) is 0 Å². The second kappa shape index (κ2) is 7.67. The van der Waals surface area contributed by atoms with Gasteiger partial charge in [-0.15, -0.1) is 11.3 Å². The predicted octanol–water partition coefficient (Wildman–Crippen LogP) is 4.01. The minimum absolute atomic E-state index is 0.101. The quantitative estimate of drug-likeness (QED) is 0.709. The molecule has 0 unspecified atom stereocenters. The lowest BCUT2D eigenvalue weighted by Gasteiger charge is -2.39. The summed E-state index contributed by atoms with van der Waals surface area (Å²) in [6.45, 7) is 1.88. The molecule has 2 amide bonds. The van der Waals surface area contributed by atoms with E-state index in [1.54, 1.807) is 25.1 Å². The Labute approximate surface area is 173 Å². The largest absolute Gasteiger partial charge is 0.497 e. The molecule has 0 saturated carbocycles. The lowest BCUT2D eigenvalue weighted by atomic mass is 9.79. The number of carbonyl (C=O) groups is 2. The van der Waals surface area contributed by atoms with Crippen molar-refractivity contribution >= 4 is 28.3 Å². The molecule has 1 aliphatic heterocycles. The van der Waals surface area contributed by atoms with Gasteiger partial charge in [-0.1, -0.05) is 30.3 Å². The topological polar surface area (TPSA) is 71.5 Å². The Morgan fingerprint density at radius 1 is 1.17 bits per heavy atom. The van der Waals surface area contributed by atoms with Crippen LogP contribution in [0.1, 0.15) is 39.1 Å². The van der Waals surface area contributed by atoms with E-state index >= 15 is 0 Å². The van der Waals surface area contributed by atoms with Gasteiger partial charge in [0.05, 0.1) is 24.8 Å². The van der Waals surface area contributed by atoms with Crippen LogP contribution in [0.3, 0.4) is 0 Å². The zero-order valence-corrected chi connectivity index (χ0v) is 17.2. The van der Waals surface area contributed by atoms with Gasteiger partial charge < -0.3 is 15.0 Å². The molecule has 0 radical (unpaired) electrons. The Morgan fingerprint density at radius 2 is 1.90 bits per heavy atom. The molecule has 29 heavy (non-hydrogen) atoms. The number of nitrogens with zero attached hydrogens (tertiary/aromatic N) is 2. The first-order chi connectivity index (χ1) is 14.0. The maximum atomic E-state index is 13.4. The number of nitrogens with one attached hydrogen (secondary N) is 1. The van der Waals surface area contributed by atoms with Crippen LogP contribution in [0, 0.1) is 6.92 Å². The van der Waals surface area contributed by atoms with Crippen LogP contribution in [-0.4, -0.2) is 35.9 Å². The molecular formula is C22H21N3O3S. The average Bonchev–Trinajstić information content (AvgIpc) is 3.15. The van der Waals surface area contributed by atoms with Gasteiger partial charge in [-0.2, -0.15) is 0 Å².